The number of nitrogens with one attached hydrogen (secondary N) is 1. The van der Waals surface area contributed by atoms with Gasteiger partial charge in [-0.1, -0.05) is 0 Å². The molecule has 0 heterocycles. The Balaban J connectivity index is 2.88. The number of aromatic hydroxyl groups is 1. The van der Waals surface area contributed by atoms with E-state index in [4.69, 9.17) is 0 Å². The minimum absolute atomic E-state index is 0.316. The first kappa shape index (κ1) is 10.5. The first-order chi connectivity index (χ1) is 6.15. The van der Waals surface area contributed by atoms with E-state index >= 15 is 0 Å². The fourth-order valence-corrected chi connectivity index (χ4v) is 1.69. The molecule has 1 aromatic rings. The maximum atomic E-state index is 9.46. The number of aryl methyl sites for hydroxylation is 1. The monoisotopic (exact) mass is 243 g/mol. The Morgan fingerprint density at radius 2 is 2.15 bits per heavy atom. The molecule has 0 aromatic heterocycles. The largest absolute Gasteiger partial charge is 0.507 e. The number of hydrogen-bond donors (Lipinski definition) is 2. The third kappa shape index (κ3) is 2.71. The van der Waals surface area contributed by atoms with Gasteiger partial charge in [0.1, 0.15) is 5.75 Å². The zero-order valence-electron chi connectivity index (χ0n) is 7.89. The molecule has 2 nitrogen and oxygen atoms in total. The van der Waals surface area contributed by atoms with Crippen LogP contribution in [0, 0.1) is 6.92 Å². The van der Waals surface area contributed by atoms with Crippen LogP contribution in [0.2, 0.25) is 0 Å². The summed E-state index contributed by atoms with van der Waals surface area (Å²) in [6.07, 6.45) is 0.948. The van der Waals surface area contributed by atoms with E-state index in [1.54, 1.807) is 0 Å². The second-order valence-corrected chi connectivity index (χ2v) is 3.94. The van der Waals surface area contributed by atoms with Gasteiger partial charge in [-0.25, -0.2) is 0 Å². The first-order valence-electron chi connectivity index (χ1n) is 4.27. The second-order valence-electron chi connectivity index (χ2n) is 3.08. The van der Waals surface area contributed by atoms with E-state index in [9.17, 15) is 5.11 Å². The molecule has 1 aromatic carbocycles. The summed E-state index contributed by atoms with van der Waals surface area (Å²) >= 11 is 3.28. The van der Waals surface area contributed by atoms with Crippen molar-refractivity contribution < 1.29 is 5.11 Å². The highest BCUT2D eigenvalue weighted by Gasteiger charge is 2.03. The van der Waals surface area contributed by atoms with Crippen molar-refractivity contribution in [1.29, 1.82) is 0 Å². The number of rotatable bonds is 3. The zero-order chi connectivity index (χ0) is 9.84. The molecular formula is C10H14BrNO. The van der Waals surface area contributed by atoms with Crippen LogP contribution in [-0.2, 0) is 6.42 Å². The smallest absolute Gasteiger partial charge is 0.130 e. The highest BCUT2D eigenvalue weighted by Crippen LogP contribution is 2.27. The van der Waals surface area contributed by atoms with Crippen LogP contribution in [0.1, 0.15) is 11.1 Å². The Bertz CT molecular complexity index is 299. The van der Waals surface area contributed by atoms with Crippen molar-refractivity contribution in [3.8, 4) is 5.75 Å². The molecule has 0 radical (unpaired) electrons. The molecule has 0 bridgehead atoms. The maximum Gasteiger partial charge on any atom is 0.130 e. The SMILES string of the molecule is CNCCc1cc(O)c(Br)cc1C. The molecular weight excluding hydrogens is 230 g/mol. The van der Waals surface area contributed by atoms with Crippen LogP contribution in [0.3, 0.4) is 0 Å². The molecule has 0 aliphatic heterocycles. The first-order valence-corrected chi connectivity index (χ1v) is 5.07. The third-order valence-corrected chi connectivity index (χ3v) is 2.68. The molecule has 0 unspecified atom stereocenters. The van der Waals surface area contributed by atoms with E-state index in [0.29, 0.717) is 5.75 Å². The summed E-state index contributed by atoms with van der Waals surface area (Å²) < 4.78 is 0.762. The van der Waals surface area contributed by atoms with Gasteiger partial charge in [-0.2, -0.15) is 0 Å². The molecule has 0 atom stereocenters. The summed E-state index contributed by atoms with van der Waals surface area (Å²) in [6, 6.07) is 3.76. The van der Waals surface area contributed by atoms with Crippen LogP contribution >= 0.6 is 15.9 Å². The summed E-state index contributed by atoms with van der Waals surface area (Å²) in [4.78, 5) is 0. The molecule has 0 saturated heterocycles. The fraction of sp³-hybridized carbons (Fsp3) is 0.400. The van der Waals surface area contributed by atoms with Crippen molar-refractivity contribution in [2.45, 2.75) is 13.3 Å². The Morgan fingerprint density at radius 3 is 2.77 bits per heavy atom. The van der Waals surface area contributed by atoms with Crippen LogP contribution < -0.4 is 5.32 Å². The van der Waals surface area contributed by atoms with Crippen LogP contribution in [0.15, 0.2) is 16.6 Å². The fourth-order valence-electron chi connectivity index (χ4n) is 1.23. The normalized spacial score (nSPS) is 10.4. The van der Waals surface area contributed by atoms with Crippen molar-refractivity contribution in [2.24, 2.45) is 0 Å². The molecule has 1 rings (SSSR count). The molecule has 13 heavy (non-hydrogen) atoms. The molecule has 2 N–H and O–H groups in total. The average molecular weight is 244 g/mol. The molecule has 3 heteroatoms. The number of hydrogen-bond acceptors (Lipinski definition) is 2. The van der Waals surface area contributed by atoms with E-state index < -0.39 is 0 Å². The summed E-state index contributed by atoms with van der Waals surface area (Å²) in [5.41, 5.74) is 2.40. The van der Waals surface area contributed by atoms with Gasteiger partial charge in [0.15, 0.2) is 0 Å². The minimum atomic E-state index is 0.316. The second kappa shape index (κ2) is 4.63. The summed E-state index contributed by atoms with van der Waals surface area (Å²) in [5.74, 6) is 0.316. The van der Waals surface area contributed by atoms with Crippen LogP contribution in [-0.4, -0.2) is 18.7 Å². The van der Waals surface area contributed by atoms with Gasteiger partial charge in [-0.15, -0.1) is 0 Å². The van der Waals surface area contributed by atoms with Crippen molar-refractivity contribution in [2.75, 3.05) is 13.6 Å². The number of phenolic OH excluding ortho intramolecular Hbond substituents is 1. The van der Waals surface area contributed by atoms with Crippen molar-refractivity contribution in [3.05, 3.63) is 27.7 Å². The Kier molecular flexibility index (Phi) is 3.75. The Labute approximate surface area is 87.1 Å². The highest BCUT2D eigenvalue weighted by molar-refractivity contribution is 9.10. The van der Waals surface area contributed by atoms with E-state index in [-0.39, 0.29) is 0 Å². The maximum absolute atomic E-state index is 9.46. The quantitative estimate of drug-likeness (QED) is 0.854. The lowest BCUT2D eigenvalue weighted by Crippen LogP contribution is -2.10. The highest BCUT2D eigenvalue weighted by atomic mass is 79.9. The van der Waals surface area contributed by atoms with E-state index in [2.05, 4.69) is 28.2 Å². The summed E-state index contributed by atoms with van der Waals surface area (Å²) in [6.45, 7) is 2.98. The van der Waals surface area contributed by atoms with Gasteiger partial charge < -0.3 is 10.4 Å². The van der Waals surface area contributed by atoms with Gasteiger partial charge in [0, 0.05) is 0 Å². The number of halogens is 1. The topological polar surface area (TPSA) is 32.3 Å². The van der Waals surface area contributed by atoms with Crippen molar-refractivity contribution in [3.63, 3.8) is 0 Å². The van der Waals surface area contributed by atoms with E-state index in [1.807, 2.05) is 19.2 Å². The molecule has 0 amide bonds. The van der Waals surface area contributed by atoms with Gasteiger partial charge >= 0.3 is 0 Å². The lowest BCUT2D eigenvalue weighted by atomic mass is 10.1. The number of phenols is 1. The number of benzene rings is 1. The van der Waals surface area contributed by atoms with Crippen molar-refractivity contribution in [1.82, 2.24) is 5.32 Å². The van der Waals surface area contributed by atoms with E-state index in [1.165, 1.54) is 11.1 Å². The molecule has 0 saturated carbocycles. The van der Waals surface area contributed by atoms with Crippen molar-refractivity contribution >= 4 is 15.9 Å². The standard InChI is InChI=1S/C10H14BrNO/c1-7-5-9(11)10(13)6-8(7)3-4-12-2/h5-6,12-13H,3-4H2,1-2H3. The Morgan fingerprint density at radius 1 is 1.46 bits per heavy atom. The lowest BCUT2D eigenvalue weighted by molar-refractivity contribution is 0.471. The third-order valence-electron chi connectivity index (χ3n) is 2.05. The zero-order valence-corrected chi connectivity index (χ0v) is 9.48. The summed E-state index contributed by atoms with van der Waals surface area (Å²) in [7, 11) is 1.92. The minimum Gasteiger partial charge on any atom is -0.507 e. The van der Waals surface area contributed by atoms with Gasteiger partial charge in [0.25, 0.3) is 0 Å². The summed E-state index contributed by atoms with van der Waals surface area (Å²) in [5, 5.41) is 12.5. The molecule has 0 aliphatic carbocycles. The van der Waals surface area contributed by atoms with Crippen LogP contribution in [0.4, 0.5) is 0 Å². The number of likely N-dealkylation sites (N-methyl/N-ethyl adjacent to an activating group) is 1. The average Bonchev–Trinajstić information content (AvgIpc) is 2.09. The van der Waals surface area contributed by atoms with Gasteiger partial charge in [-0.05, 0) is 66.1 Å². The molecule has 0 spiro atoms. The molecule has 0 fully saturated rings. The lowest BCUT2D eigenvalue weighted by Gasteiger charge is -2.07. The van der Waals surface area contributed by atoms with Gasteiger partial charge in [0.05, 0.1) is 4.47 Å². The van der Waals surface area contributed by atoms with E-state index in [0.717, 1.165) is 17.4 Å². The van der Waals surface area contributed by atoms with Gasteiger partial charge in [-0.3, -0.25) is 0 Å². The Hall–Kier alpha value is -0.540. The predicted octanol–water partition coefficient (Wildman–Crippen LogP) is 2.23. The van der Waals surface area contributed by atoms with Gasteiger partial charge in [0.2, 0.25) is 0 Å². The molecule has 0 aliphatic rings. The van der Waals surface area contributed by atoms with Crippen LogP contribution in [0.25, 0.3) is 0 Å². The van der Waals surface area contributed by atoms with Crippen LogP contribution in [0.5, 0.6) is 5.75 Å². The molecule has 72 valence electrons. The predicted molar refractivity (Wildman–Crippen MR) is 58.2 cm³/mol.